The van der Waals surface area contributed by atoms with Gasteiger partial charge in [0.15, 0.2) is 0 Å². The Hall–Kier alpha value is -3.10. The molecule has 0 bridgehead atoms. The molecule has 1 unspecified atom stereocenters. The molecule has 2 aromatic rings. The van der Waals surface area contributed by atoms with Crippen molar-refractivity contribution < 1.29 is 28.9 Å². The molecule has 1 aliphatic rings. The number of nitrogens with one attached hydrogen (secondary N) is 2. The van der Waals surface area contributed by atoms with E-state index >= 15 is 0 Å². The Morgan fingerprint density at radius 2 is 1.79 bits per heavy atom. The summed E-state index contributed by atoms with van der Waals surface area (Å²) < 4.78 is 16.7. The average Bonchev–Trinajstić information content (AvgIpc) is 3.37. The first-order chi connectivity index (χ1) is 16.0. The van der Waals surface area contributed by atoms with Gasteiger partial charge >= 0.3 is 5.97 Å². The highest BCUT2D eigenvalue weighted by Crippen LogP contribution is 2.40. The molecule has 2 atom stereocenters. The standard InChI is InChI=1S/C25H32N2O6/c1-4-33-15-17-13-21(31-2)23(22(14-17)32-3)18-9-7-16(8-10-18)12-20(25(29)30)27-24(28)19-6-5-11-26-19/h7-10,13-14,19-20,26H,4-6,11-12,15H2,1-3H3,(H,27,28)(H,29,30)/t19-,20?/m0/s1. The quantitative estimate of drug-likeness (QED) is 0.477. The first kappa shape index (κ1) is 24.5. The van der Waals surface area contributed by atoms with Gasteiger partial charge in [-0.2, -0.15) is 0 Å². The van der Waals surface area contributed by atoms with Crippen LogP contribution in [0.4, 0.5) is 0 Å². The first-order valence-electron chi connectivity index (χ1n) is 11.1. The van der Waals surface area contributed by atoms with Crippen molar-refractivity contribution in [1.29, 1.82) is 0 Å². The summed E-state index contributed by atoms with van der Waals surface area (Å²) in [5.74, 6) is 0.00451. The highest BCUT2D eigenvalue weighted by atomic mass is 16.5. The number of rotatable bonds is 11. The van der Waals surface area contributed by atoms with Crippen molar-refractivity contribution >= 4 is 11.9 Å². The maximum absolute atomic E-state index is 12.4. The van der Waals surface area contributed by atoms with Crippen LogP contribution in [0.15, 0.2) is 36.4 Å². The van der Waals surface area contributed by atoms with E-state index in [1.54, 1.807) is 14.2 Å². The van der Waals surface area contributed by atoms with Crippen molar-refractivity contribution in [1.82, 2.24) is 10.6 Å². The van der Waals surface area contributed by atoms with Crippen molar-refractivity contribution in [3.05, 3.63) is 47.5 Å². The van der Waals surface area contributed by atoms with Gasteiger partial charge < -0.3 is 30.0 Å². The van der Waals surface area contributed by atoms with E-state index in [0.29, 0.717) is 24.7 Å². The summed E-state index contributed by atoms with van der Waals surface area (Å²) >= 11 is 0. The van der Waals surface area contributed by atoms with E-state index in [4.69, 9.17) is 14.2 Å². The van der Waals surface area contributed by atoms with Crippen LogP contribution in [-0.2, 0) is 27.4 Å². The van der Waals surface area contributed by atoms with Gasteiger partial charge in [-0.3, -0.25) is 4.79 Å². The summed E-state index contributed by atoms with van der Waals surface area (Å²) in [5, 5.41) is 15.4. The molecule has 1 heterocycles. The normalized spacial score (nSPS) is 16.3. The summed E-state index contributed by atoms with van der Waals surface area (Å²) in [7, 11) is 3.22. The number of benzene rings is 2. The summed E-state index contributed by atoms with van der Waals surface area (Å²) in [6.45, 7) is 3.79. The molecule has 3 N–H and O–H groups in total. The van der Waals surface area contributed by atoms with Crippen molar-refractivity contribution in [2.24, 2.45) is 0 Å². The number of hydrogen-bond acceptors (Lipinski definition) is 6. The van der Waals surface area contributed by atoms with Crippen LogP contribution in [0, 0.1) is 0 Å². The Morgan fingerprint density at radius 3 is 2.30 bits per heavy atom. The summed E-state index contributed by atoms with van der Waals surface area (Å²) in [5.41, 5.74) is 3.43. The molecule has 8 nitrogen and oxygen atoms in total. The summed E-state index contributed by atoms with van der Waals surface area (Å²) in [6.07, 6.45) is 1.83. The molecule has 8 heteroatoms. The van der Waals surface area contributed by atoms with E-state index in [1.165, 1.54) is 0 Å². The fraction of sp³-hybridized carbons (Fsp3) is 0.440. The van der Waals surface area contributed by atoms with Gasteiger partial charge in [-0.15, -0.1) is 0 Å². The molecule has 1 fully saturated rings. The summed E-state index contributed by atoms with van der Waals surface area (Å²) in [4.78, 5) is 24.1. The lowest BCUT2D eigenvalue weighted by molar-refractivity contribution is -0.142. The van der Waals surface area contributed by atoms with E-state index < -0.39 is 12.0 Å². The minimum absolute atomic E-state index is 0.190. The minimum Gasteiger partial charge on any atom is -0.496 e. The lowest BCUT2D eigenvalue weighted by Gasteiger charge is -2.18. The molecule has 1 amide bonds. The lowest BCUT2D eigenvalue weighted by Crippen LogP contribution is -2.49. The lowest BCUT2D eigenvalue weighted by atomic mass is 9.98. The molecule has 0 saturated carbocycles. The maximum Gasteiger partial charge on any atom is 0.326 e. The van der Waals surface area contributed by atoms with E-state index in [0.717, 1.165) is 41.6 Å². The largest absolute Gasteiger partial charge is 0.496 e. The maximum atomic E-state index is 12.4. The second-order valence-corrected chi connectivity index (χ2v) is 7.96. The van der Waals surface area contributed by atoms with Gasteiger partial charge in [-0.25, -0.2) is 4.79 Å². The van der Waals surface area contributed by atoms with Crippen molar-refractivity contribution in [2.75, 3.05) is 27.4 Å². The van der Waals surface area contributed by atoms with Crippen LogP contribution in [-0.4, -0.2) is 56.4 Å². The van der Waals surface area contributed by atoms with Crippen LogP contribution in [0.25, 0.3) is 11.1 Å². The van der Waals surface area contributed by atoms with Crippen molar-refractivity contribution in [3.8, 4) is 22.6 Å². The van der Waals surface area contributed by atoms with E-state index in [-0.39, 0.29) is 18.4 Å². The topological polar surface area (TPSA) is 106 Å². The number of carbonyl (C=O) groups excluding carboxylic acids is 1. The molecule has 3 rings (SSSR count). The molecular formula is C25H32N2O6. The third-order valence-corrected chi connectivity index (χ3v) is 5.71. The first-order valence-corrected chi connectivity index (χ1v) is 11.1. The van der Waals surface area contributed by atoms with Crippen LogP contribution < -0.4 is 20.1 Å². The molecule has 1 aliphatic heterocycles. The predicted octanol–water partition coefficient (Wildman–Crippen LogP) is 2.77. The van der Waals surface area contributed by atoms with Crippen LogP contribution in [0.5, 0.6) is 11.5 Å². The molecule has 178 valence electrons. The molecule has 0 aromatic heterocycles. The second kappa shape index (κ2) is 11.7. The van der Waals surface area contributed by atoms with Crippen LogP contribution in [0.1, 0.15) is 30.9 Å². The number of methoxy groups -OCH3 is 2. The van der Waals surface area contributed by atoms with Crippen molar-refractivity contribution in [3.63, 3.8) is 0 Å². The number of carboxylic acid groups (broad SMARTS) is 1. The van der Waals surface area contributed by atoms with Crippen LogP contribution in [0.3, 0.4) is 0 Å². The Morgan fingerprint density at radius 1 is 1.12 bits per heavy atom. The molecule has 1 saturated heterocycles. The Labute approximate surface area is 194 Å². The second-order valence-electron chi connectivity index (χ2n) is 7.96. The number of ether oxygens (including phenoxy) is 3. The SMILES string of the molecule is CCOCc1cc(OC)c(-c2ccc(CC(NC(=O)[C@@H]3CCCN3)C(=O)O)cc2)c(OC)c1. The predicted molar refractivity (Wildman–Crippen MR) is 125 cm³/mol. The Balaban J connectivity index is 1.78. The van der Waals surface area contributed by atoms with Crippen LogP contribution in [0.2, 0.25) is 0 Å². The van der Waals surface area contributed by atoms with E-state index in [1.807, 2.05) is 43.3 Å². The highest BCUT2D eigenvalue weighted by molar-refractivity contribution is 5.87. The number of hydrogen-bond donors (Lipinski definition) is 3. The third-order valence-electron chi connectivity index (χ3n) is 5.71. The van der Waals surface area contributed by atoms with E-state index in [9.17, 15) is 14.7 Å². The highest BCUT2D eigenvalue weighted by Gasteiger charge is 2.27. The molecule has 0 spiro atoms. The monoisotopic (exact) mass is 456 g/mol. The smallest absolute Gasteiger partial charge is 0.326 e. The minimum atomic E-state index is -1.06. The van der Waals surface area contributed by atoms with Gasteiger partial charge in [0.05, 0.1) is 32.4 Å². The average molecular weight is 457 g/mol. The zero-order valence-electron chi connectivity index (χ0n) is 19.3. The number of amides is 1. The Bertz CT molecular complexity index is 929. The van der Waals surface area contributed by atoms with Gasteiger partial charge in [0, 0.05) is 13.0 Å². The molecular weight excluding hydrogens is 424 g/mol. The van der Waals surface area contributed by atoms with Gasteiger partial charge in [-0.1, -0.05) is 24.3 Å². The Kier molecular flexibility index (Phi) is 8.68. The number of carbonyl (C=O) groups is 2. The van der Waals surface area contributed by atoms with Gasteiger partial charge in [0.1, 0.15) is 17.5 Å². The molecule has 0 radical (unpaired) electrons. The fourth-order valence-electron chi connectivity index (χ4n) is 3.98. The molecule has 33 heavy (non-hydrogen) atoms. The van der Waals surface area contributed by atoms with E-state index in [2.05, 4.69) is 10.6 Å². The third kappa shape index (κ3) is 6.24. The molecule has 0 aliphatic carbocycles. The van der Waals surface area contributed by atoms with Gasteiger partial charge in [0.25, 0.3) is 0 Å². The van der Waals surface area contributed by atoms with Crippen LogP contribution >= 0.6 is 0 Å². The summed E-state index contributed by atoms with van der Waals surface area (Å²) in [6, 6.07) is 10.1. The van der Waals surface area contributed by atoms with Gasteiger partial charge in [-0.05, 0) is 55.1 Å². The zero-order valence-corrected chi connectivity index (χ0v) is 19.3. The molecule has 2 aromatic carbocycles. The zero-order chi connectivity index (χ0) is 23.8. The fourth-order valence-corrected chi connectivity index (χ4v) is 3.98. The van der Waals surface area contributed by atoms with Crippen molar-refractivity contribution in [2.45, 2.75) is 44.9 Å². The number of aliphatic carboxylic acids is 1. The van der Waals surface area contributed by atoms with Gasteiger partial charge in [0.2, 0.25) is 5.91 Å². The number of carboxylic acids is 1.